The lowest BCUT2D eigenvalue weighted by atomic mass is 10.1. The molecule has 14 heavy (non-hydrogen) atoms. The number of hydrogen-bond acceptors (Lipinski definition) is 4. The summed E-state index contributed by atoms with van der Waals surface area (Å²) in [5.41, 5.74) is 6.43. The van der Waals surface area contributed by atoms with Crippen LogP contribution in [0, 0.1) is 0 Å². The third kappa shape index (κ3) is 2.43. The number of carbonyl (C=O) groups is 1. The Bertz CT molecular complexity index is 328. The molecule has 0 unspecified atom stereocenters. The van der Waals surface area contributed by atoms with E-state index >= 15 is 0 Å². The van der Waals surface area contributed by atoms with Crippen molar-refractivity contribution in [3.63, 3.8) is 0 Å². The van der Waals surface area contributed by atoms with Crippen molar-refractivity contribution in [2.45, 2.75) is 12.5 Å². The van der Waals surface area contributed by atoms with E-state index in [4.69, 9.17) is 10.8 Å². The van der Waals surface area contributed by atoms with Gasteiger partial charge < -0.3 is 16.2 Å². The van der Waals surface area contributed by atoms with Gasteiger partial charge in [-0.2, -0.15) is 0 Å². The van der Waals surface area contributed by atoms with Crippen molar-refractivity contribution < 1.29 is 9.90 Å². The molecule has 1 atom stereocenters. The van der Waals surface area contributed by atoms with Crippen LogP contribution in [-0.4, -0.2) is 23.1 Å². The molecule has 0 aliphatic carbocycles. The lowest BCUT2D eigenvalue weighted by Crippen LogP contribution is -2.16. The van der Waals surface area contributed by atoms with Gasteiger partial charge in [-0.05, 0) is 6.07 Å². The summed E-state index contributed by atoms with van der Waals surface area (Å²) in [4.78, 5) is 14.5. The molecule has 0 aliphatic rings. The van der Waals surface area contributed by atoms with E-state index < -0.39 is 12.0 Å². The van der Waals surface area contributed by atoms with Crippen molar-refractivity contribution in [2.75, 3.05) is 12.4 Å². The zero-order valence-electron chi connectivity index (χ0n) is 7.90. The number of carboxylic acid groups (broad SMARTS) is 1. The van der Waals surface area contributed by atoms with E-state index in [2.05, 4.69) is 10.3 Å². The third-order valence-electron chi connectivity index (χ3n) is 1.87. The minimum absolute atomic E-state index is 0.0969. The lowest BCUT2D eigenvalue weighted by molar-refractivity contribution is -0.137. The fraction of sp³-hybridized carbons (Fsp3) is 0.333. The number of pyridine rings is 1. The highest BCUT2D eigenvalue weighted by molar-refractivity contribution is 5.68. The van der Waals surface area contributed by atoms with Crippen LogP contribution in [0.5, 0.6) is 0 Å². The first-order valence-electron chi connectivity index (χ1n) is 4.25. The Balaban J connectivity index is 2.87. The zero-order chi connectivity index (χ0) is 10.6. The molecule has 0 amide bonds. The molecule has 0 aromatic carbocycles. The van der Waals surface area contributed by atoms with Crippen LogP contribution in [0.25, 0.3) is 0 Å². The van der Waals surface area contributed by atoms with Crippen LogP contribution in [-0.2, 0) is 4.79 Å². The normalized spacial score (nSPS) is 12.1. The average Bonchev–Trinajstić information content (AvgIpc) is 2.16. The van der Waals surface area contributed by atoms with Crippen molar-refractivity contribution in [1.82, 2.24) is 4.98 Å². The quantitative estimate of drug-likeness (QED) is 0.654. The second kappa shape index (κ2) is 4.57. The molecular formula is C9H13N3O2. The molecule has 1 aromatic rings. The van der Waals surface area contributed by atoms with Crippen LogP contribution in [0.2, 0.25) is 0 Å². The highest BCUT2D eigenvalue weighted by atomic mass is 16.4. The van der Waals surface area contributed by atoms with Gasteiger partial charge in [-0.25, -0.2) is 4.98 Å². The van der Waals surface area contributed by atoms with Gasteiger partial charge in [-0.1, -0.05) is 6.07 Å². The number of anilines is 1. The second-order valence-corrected chi connectivity index (χ2v) is 2.90. The van der Waals surface area contributed by atoms with Crippen molar-refractivity contribution >= 4 is 11.8 Å². The summed E-state index contributed by atoms with van der Waals surface area (Å²) >= 11 is 0. The Hall–Kier alpha value is -1.62. The molecule has 0 bridgehead atoms. The molecular weight excluding hydrogens is 182 g/mol. The van der Waals surface area contributed by atoms with Crippen molar-refractivity contribution in [1.29, 1.82) is 0 Å². The SMILES string of the molecule is CNc1ncccc1[C@H](N)CC(=O)O. The van der Waals surface area contributed by atoms with Gasteiger partial charge in [-0.15, -0.1) is 0 Å². The predicted octanol–water partition coefficient (Wildman–Crippen LogP) is 0.598. The molecule has 0 saturated heterocycles. The Morgan fingerprint density at radius 1 is 1.79 bits per heavy atom. The predicted molar refractivity (Wildman–Crippen MR) is 53.0 cm³/mol. The molecule has 5 heteroatoms. The number of nitrogens with two attached hydrogens (primary N) is 1. The number of nitrogens with zero attached hydrogens (tertiary/aromatic N) is 1. The van der Waals surface area contributed by atoms with Gasteiger partial charge in [0.2, 0.25) is 0 Å². The molecule has 0 spiro atoms. The molecule has 0 fully saturated rings. The first kappa shape index (κ1) is 10.5. The molecule has 0 aliphatic heterocycles. The van der Waals surface area contributed by atoms with E-state index in [0.717, 1.165) is 5.56 Å². The van der Waals surface area contributed by atoms with Gasteiger partial charge in [0, 0.05) is 24.8 Å². The Morgan fingerprint density at radius 2 is 2.50 bits per heavy atom. The van der Waals surface area contributed by atoms with Crippen LogP contribution >= 0.6 is 0 Å². The highest BCUT2D eigenvalue weighted by Gasteiger charge is 2.14. The molecule has 76 valence electrons. The summed E-state index contributed by atoms with van der Waals surface area (Å²) in [7, 11) is 1.72. The zero-order valence-corrected chi connectivity index (χ0v) is 7.90. The van der Waals surface area contributed by atoms with Crippen LogP contribution in [0.4, 0.5) is 5.82 Å². The summed E-state index contributed by atoms with van der Waals surface area (Å²) in [6, 6.07) is 2.98. The summed E-state index contributed by atoms with van der Waals surface area (Å²) in [6.45, 7) is 0. The van der Waals surface area contributed by atoms with E-state index in [1.54, 1.807) is 25.4 Å². The first-order chi connectivity index (χ1) is 6.65. The maximum atomic E-state index is 10.5. The molecule has 1 aromatic heterocycles. The number of aliphatic carboxylic acids is 1. The minimum Gasteiger partial charge on any atom is -0.481 e. The van der Waals surface area contributed by atoms with Crippen molar-refractivity contribution in [3.8, 4) is 0 Å². The Labute approximate surface area is 82.0 Å². The van der Waals surface area contributed by atoms with Gasteiger partial charge in [-0.3, -0.25) is 4.79 Å². The van der Waals surface area contributed by atoms with Crippen LogP contribution in [0.3, 0.4) is 0 Å². The maximum absolute atomic E-state index is 10.5. The van der Waals surface area contributed by atoms with Gasteiger partial charge in [0.05, 0.1) is 6.42 Å². The highest BCUT2D eigenvalue weighted by Crippen LogP contribution is 2.20. The topological polar surface area (TPSA) is 88.2 Å². The maximum Gasteiger partial charge on any atom is 0.305 e. The molecule has 1 rings (SSSR count). The molecule has 4 N–H and O–H groups in total. The van der Waals surface area contributed by atoms with Gasteiger partial charge in [0.15, 0.2) is 0 Å². The van der Waals surface area contributed by atoms with Crippen LogP contribution in [0.1, 0.15) is 18.0 Å². The lowest BCUT2D eigenvalue weighted by Gasteiger charge is -2.12. The van der Waals surface area contributed by atoms with Crippen LogP contribution < -0.4 is 11.1 Å². The molecule has 1 heterocycles. The largest absolute Gasteiger partial charge is 0.481 e. The number of aromatic nitrogens is 1. The van der Waals surface area contributed by atoms with E-state index in [1.165, 1.54) is 0 Å². The summed E-state index contributed by atoms with van der Waals surface area (Å²) in [5, 5.41) is 11.5. The average molecular weight is 195 g/mol. The third-order valence-corrected chi connectivity index (χ3v) is 1.87. The van der Waals surface area contributed by atoms with Gasteiger partial charge >= 0.3 is 5.97 Å². The van der Waals surface area contributed by atoms with Gasteiger partial charge in [0.1, 0.15) is 5.82 Å². The summed E-state index contributed by atoms with van der Waals surface area (Å²) in [6.07, 6.45) is 1.53. The molecule has 0 radical (unpaired) electrons. The fourth-order valence-electron chi connectivity index (χ4n) is 1.22. The monoisotopic (exact) mass is 195 g/mol. The molecule has 5 nitrogen and oxygen atoms in total. The van der Waals surface area contributed by atoms with Crippen molar-refractivity contribution in [3.05, 3.63) is 23.9 Å². The Morgan fingerprint density at radius 3 is 3.07 bits per heavy atom. The number of hydrogen-bond donors (Lipinski definition) is 3. The first-order valence-corrected chi connectivity index (χ1v) is 4.25. The minimum atomic E-state index is -0.914. The fourth-order valence-corrected chi connectivity index (χ4v) is 1.22. The Kier molecular flexibility index (Phi) is 3.41. The van der Waals surface area contributed by atoms with Gasteiger partial charge in [0.25, 0.3) is 0 Å². The summed E-state index contributed by atoms with van der Waals surface area (Å²) in [5.74, 6) is -0.287. The number of nitrogens with one attached hydrogen (secondary N) is 1. The standard InChI is InChI=1S/C9H13N3O2/c1-11-9-6(3-2-4-12-9)7(10)5-8(13)14/h2-4,7H,5,10H2,1H3,(H,11,12)(H,13,14)/t7-/m1/s1. The van der Waals surface area contributed by atoms with E-state index in [-0.39, 0.29) is 6.42 Å². The molecule has 0 saturated carbocycles. The summed E-state index contributed by atoms with van der Waals surface area (Å²) < 4.78 is 0. The number of rotatable bonds is 4. The van der Waals surface area contributed by atoms with E-state index in [0.29, 0.717) is 5.82 Å². The van der Waals surface area contributed by atoms with E-state index in [9.17, 15) is 4.79 Å². The van der Waals surface area contributed by atoms with E-state index in [1.807, 2.05) is 0 Å². The van der Waals surface area contributed by atoms with Crippen molar-refractivity contribution in [2.24, 2.45) is 5.73 Å². The van der Waals surface area contributed by atoms with Crippen LogP contribution in [0.15, 0.2) is 18.3 Å². The smallest absolute Gasteiger partial charge is 0.305 e. The number of carboxylic acids is 1. The second-order valence-electron chi connectivity index (χ2n) is 2.90.